The maximum atomic E-state index is 11.4. The number of carbonyl (C=O) groups is 1. The van der Waals surface area contributed by atoms with Crippen LogP contribution in [-0.4, -0.2) is 49.6 Å². The first-order chi connectivity index (χ1) is 6.55. The van der Waals surface area contributed by atoms with E-state index >= 15 is 0 Å². The van der Waals surface area contributed by atoms with Crippen molar-refractivity contribution in [2.45, 2.75) is 12.8 Å². The standard InChI is InChI=1S/C8H15NO3S2/c10-8(2-5-13)9-3-1-6-14(11,12)7-4-9/h13H,1-7H2. The molecule has 1 aliphatic heterocycles. The fraction of sp³-hybridized carbons (Fsp3) is 0.875. The van der Waals surface area contributed by atoms with Gasteiger partial charge in [-0.1, -0.05) is 0 Å². The minimum atomic E-state index is -2.91. The Morgan fingerprint density at radius 1 is 1.29 bits per heavy atom. The number of hydrogen-bond donors (Lipinski definition) is 1. The summed E-state index contributed by atoms with van der Waals surface area (Å²) >= 11 is 3.97. The van der Waals surface area contributed by atoms with E-state index in [-0.39, 0.29) is 17.4 Å². The van der Waals surface area contributed by atoms with Crippen LogP contribution in [0.5, 0.6) is 0 Å². The van der Waals surface area contributed by atoms with E-state index in [4.69, 9.17) is 0 Å². The number of rotatable bonds is 2. The maximum absolute atomic E-state index is 11.4. The van der Waals surface area contributed by atoms with Crippen LogP contribution in [0.15, 0.2) is 0 Å². The summed E-state index contributed by atoms with van der Waals surface area (Å²) < 4.78 is 22.5. The van der Waals surface area contributed by atoms with Gasteiger partial charge in [0.2, 0.25) is 5.91 Å². The lowest BCUT2D eigenvalue weighted by Crippen LogP contribution is -2.33. The highest BCUT2D eigenvalue weighted by molar-refractivity contribution is 7.91. The first kappa shape index (κ1) is 11.8. The van der Waals surface area contributed by atoms with Gasteiger partial charge in [-0.15, -0.1) is 0 Å². The molecule has 0 bridgehead atoms. The van der Waals surface area contributed by atoms with Crippen LogP contribution in [0.4, 0.5) is 0 Å². The summed E-state index contributed by atoms with van der Waals surface area (Å²) in [7, 11) is -2.91. The molecule has 4 nitrogen and oxygen atoms in total. The minimum absolute atomic E-state index is 0.0112. The van der Waals surface area contributed by atoms with Crippen LogP contribution in [0.3, 0.4) is 0 Å². The van der Waals surface area contributed by atoms with Gasteiger partial charge in [0.05, 0.1) is 11.5 Å². The van der Waals surface area contributed by atoms with Crippen molar-refractivity contribution in [1.82, 2.24) is 4.90 Å². The molecule has 1 fully saturated rings. The Morgan fingerprint density at radius 3 is 2.64 bits per heavy atom. The topological polar surface area (TPSA) is 54.5 Å². The quantitative estimate of drug-likeness (QED) is 0.685. The average Bonchev–Trinajstić information content (AvgIpc) is 2.27. The normalized spacial score (nSPS) is 21.6. The van der Waals surface area contributed by atoms with Gasteiger partial charge in [0.25, 0.3) is 0 Å². The monoisotopic (exact) mass is 237 g/mol. The molecule has 6 heteroatoms. The molecule has 0 aromatic rings. The fourth-order valence-corrected chi connectivity index (χ4v) is 2.90. The van der Waals surface area contributed by atoms with Gasteiger partial charge in [-0.2, -0.15) is 12.6 Å². The third-order valence-corrected chi connectivity index (χ3v) is 4.17. The van der Waals surface area contributed by atoms with Gasteiger partial charge in [-0.3, -0.25) is 4.79 Å². The highest BCUT2D eigenvalue weighted by Crippen LogP contribution is 2.06. The number of hydrogen-bond acceptors (Lipinski definition) is 4. The van der Waals surface area contributed by atoms with Crippen LogP contribution in [-0.2, 0) is 14.6 Å². The summed E-state index contributed by atoms with van der Waals surface area (Å²) in [6.07, 6.45) is 0.948. The molecule has 14 heavy (non-hydrogen) atoms. The lowest BCUT2D eigenvalue weighted by Gasteiger charge is -2.18. The number of amides is 1. The molecule has 0 aromatic carbocycles. The molecule has 82 valence electrons. The van der Waals surface area contributed by atoms with Gasteiger partial charge in [0.1, 0.15) is 0 Å². The Balaban J connectivity index is 2.54. The molecule has 0 aromatic heterocycles. The zero-order valence-corrected chi connectivity index (χ0v) is 9.69. The van der Waals surface area contributed by atoms with E-state index in [2.05, 4.69) is 12.6 Å². The van der Waals surface area contributed by atoms with Crippen molar-refractivity contribution in [2.75, 3.05) is 30.3 Å². The predicted molar refractivity (Wildman–Crippen MR) is 58.3 cm³/mol. The van der Waals surface area contributed by atoms with Crippen LogP contribution in [0.2, 0.25) is 0 Å². The van der Waals surface area contributed by atoms with Crippen molar-refractivity contribution in [3.8, 4) is 0 Å². The van der Waals surface area contributed by atoms with E-state index in [1.807, 2.05) is 0 Å². The Kier molecular flexibility index (Phi) is 4.25. The predicted octanol–water partition coefficient (Wildman–Crippen LogP) is -0.0466. The molecule has 1 rings (SSSR count). The molecule has 1 heterocycles. The Labute approximate surface area is 90.0 Å². The number of nitrogens with zero attached hydrogens (tertiary/aromatic N) is 1. The van der Waals surface area contributed by atoms with E-state index in [1.54, 1.807) is 4.90 Å². The van der Waals surface area contributed by atoms with Crippen molar-refractivity contribution in [2.24, 2.45) is 0 Å². The molecular weight excluding hydrogens is 222 g/mol. The van der Waals surface area contributed by atoms with E-state index in [9.17, 15) is 13.2 Å². The van der Waals surface area contributed by atoms with E-state index in [1.165, 1.54) is 0 Å². The second-order valence-corrected chi connectivity index (χ2v) is 6.11. The summed E-state index contributed by atoms with van der Waals surface area (Å²) in [4.78, 5) is 13.1. The SMILES string of the molecule is O=C(CCS)N1CCCS(=O)(=O)CC1. The Morgan fingerprint density at radius 2 is 2.00 bits per heavy atom. The second-order valence-electron chi connectivity index (χ2n) is 3.36. The van der Waals surface area contributed by atoms with Gasteiger partial charge in [0, 0.05) is 19.5 Å². The smallest absolute Gasteiger partial charge is 0.223 e. The van der Waals surface area contributed by atoms with Crippen molar-refractivity contribution in [1.29, 1.82) is 0 Å². The third kappa shape index (κ3) is 3.49. The molecule has 0 saturated carbocycles. The first-order valence-electron chi connectivity index (χ1n) is 4.64. The van der Waals surface area contributed by atoms with Gasteiger partial charge in [-0.05, 0) is 12.2 Å². The largest absolute Gasteiger partial charge is 0.342 e. The molecule has 0 unspecified atom stereocenters. The maximum Gasteiger partial charge on any atom is 0.223 e. The lowest BCUT2D eigenvalue weighted by molar-refractivity contribution is -0.130. The molecule has 1 saturated heterocycles. The van der Waals surface area contributed by atoms with E-state index in [0.717, 1.165) is 0 Å². The van der Waals surface area contributed by atoms with E-state index < -0.39 is 9.84 Å². The molecule has 1 amide bonds. The zero-order valence-electron chi connectivity index (χ0n) is 7.98. The summed E-state index contributed by atoms with van der Waals surface area (Å²) in [5.41, 5.74) is 0. The van der Waals surface area contributed by atoms with Crippen LogP contribution in [0, 0.1) is 0 Å². The molecule has 0 radical (unpaired) electrons. The highest BCUT2D eigenvalue weighted by atomic mass is 32.2. The van der Waals surface area contributed by atoms with Crippen LogP contribution < -0.4 is 0 Å². The molecule has 0 spiro atoms. The van der Waals surface area contributed by atoms with Crippen molar-refractivity contribution < 1.29 is 13.2 Å². The first-order valence-corrected chi connectivity index (χ1v) is 7.09. The summed E-state index contributed by atoms with van der Waals surface area (Å²) in [6, 6.07) is 0. The zero-order chi connectivity index (χ0) is 10.6. The summed E-state index contributed by atoms with van der Waals surface area (Å²) in [6.45, 7) is 0.904. The van der Waals surface area contributed by atoms with Crippen molar-refractivity contribution >= 4 is 28.4 Å². The van der Waals surface area contributed by atoms with Gasteiger partial charge in [0.15, 0.2) is 9.84 Å². The van der Waals surface area contributed by atoms with E-state index in [0.29, 0.717) is 31.7 Å². The second kappa shape index (κ2) is 5.02. The Hall–Kier alpha value is -0.230. The van der Waals surface area contributed by atoms with Crippen molar-refractivity contribution in [3.05, 3.63) is 0 Å². The molecule has 0 atom stereocenters. The van der Waals surface area contributed by atoms with Gasteiger partial charge in [-0.25, -0.2) is 8.42 Å². The van der Waals surface area contributed by atoms with Gasteiger partial charge < -0.3 is 4.90 Å². The number of sulfone groups is 1. The molecule has 0 N–H and O–H groups in total. The highest BCUT2D eigenvalue weighted by Gasteiger charge is 2.21. The summed E-state index contributed by atoms with van der Waals surface area (Å²) in [5.74, 6) is 0.836. The lowest BCUT2D eigenvalue weighted by atomic mass is 10.3. The van der Waals surface area contributed by atoms with Crippen LogP contribution >= 0.6 is 12.6 Å². The number of thiol groups is 1. The molecule has 0 aliphatic carbocycles. The van der Waals surface area contributed by atoms with Crippen LogP contribution in [0.25, 0.3) is 0 Å². The Bertz CT molecular complexity index is 300. The van der Waals surface area contributed by atoms with Crippen molar-refractivity contribution in [3.63, 3.8) is 0 Å². The summed E-state index contributed by atoms with van der Waals surface area (Å²) in [5, 5.41) is 0. The molecular formula is C8H15NO3S2. The number of carbonyl (C=O) groups excluding carboxylic acids is 1. The molecule has 1 aliphatic rings. The average molecular weight is 237 g/mol. The van der Waals surface area contributed by atoms with Crippen LogP contribution in [0.1, 0.15) is 12.8 Å². The minimum Gasteiger partial charge on any atom is -0.342 e. The van der Waals surface area contributed by atoms with Gasteiger partial charge >= 0.3 is 0 Å². The third-order valence-electron chi connectivity index (χ3n) is 2.23. The fourth-order valence-electron chi connectivity index (χ4n) is 1.44.